The van der Waals surface area contributed by atoms with Crippen LogP contribution in [0, 0.1) is 24.8 Å². The Morgan fingerprint density at radius 2 is 2.50 bits per heavy atom. The van der Waals surface area contributed by atoms with E-state index in [1.807, 2.05) is 6.07 Å². The molecule has 0 aromatic carbocycles. The number of rotatable bonds is 5. The van der Waals surface area contributed by atoms with E-state index in [0.29, 0.717) is 0 Å². The van der Waals surface area contributed by atoms with Crippen LogP contribution in [0.5, 0.6) is 5.75 Å². The molecule has 0 bridgehead atoms. The molecule has 1 heterocycles. The van der Waals surface area contributed by atoms with Crippen molar-refractivity contribution < 1.29 is 9.15 Å². The maximum Gasteiger partial charge on any atom is 0.157 e. The zero-order valence-corrected chi connectivity index (χ0v) is 8.19. The van der Waals surface area contributed by atoms with Gasteiger partial charge >= 0.3 is 0 Å². The lowest BCUT2D eigenvalue weighted by Gasteiger charge is -2.01. The number of hydrogen-bond acceptors (Lipinski definition) is 2. The second kappa shape index (κ2) is 5.18. The fraction of sp³-hybridized carbons (Fsp3) is 0.333. The van der Waals surface area contributed by atoms with Gasteiger partial charge in [0.2, 0.25) is 0 Å². The number of hydrogen-bond donors (Lipinski definition) is 0. The van der Waals surface area contributed by atoms with Gasteiger partial charge in [-0.2, -0.15) is 0 Å². The number of furan rings is 1. The van der Waals surface area contributed by atoms with Gasteiger partial charge in [0.05, 0.1) is 7.11 Å². The van der Waals surface area contributed by atoms with Crippen LogP contribution in [0.2, 0.25) is 0 Å². The normalized spacial score (nSPS) is 11.7. The van der Waals surface area contributed by atoms with Crippen molar-refractivity contribution in [3.05, 3.63) is 30.7 Å². The Kier molecular flexibility index (Phi) is 3.87. The first kappa shape index (κ1) is 10.5. The first-order valence-electron chi connectivity index (χ1n) is 4.42. The highest BCUT2D eigenvalue weighted by Gasteiger charge is 2.04. The first-order valence-corrected chi connectivity index (χ1v) is 4.42. The summed E-state index contributed by atoms with van der Waals surface area (Å²) in [6, 6.07) is 1.85. The summed E-state index contributed by atoms with van der Waals surface area (Å²) in [7, 11) is 1.60. The molecule has 0 saturated carbocycles. The molecule has 73 valence electrons. The molecule has 0 saturated heterocycles. The monoisotopic (exact) mass is 189 g/mol. The van der Waals surface area contributed by atoms with Crippen LogP contribution in [0.3, 0.4) is 0 Å². The Morgan fingerprint density at radius 1 is 1.71 bits per heavy atom. The van der Waals surface area contributed by atoms with Gasteiger partial charge in [0, 0.05) is 18.4 Å². The topological polar surface area (TPSA) is 22.4 Å². The van der Waals surface area contributed by atoms with Crippen LogP contribution < -0.4 is 4.74 Å². The minimum Gasteiger partial charge on any atom is -0.493 e. The van der Waals surface area contributed by atoms with Gasteiger partial charge < -0.3 is 9.15 Å². The van der Waals surface area contributed by atoms with E-state index >= 15 is 0 Å². The molecule has 0 fully saturated rings. The lowest BCUT2D eigenvalue weighted by Crippen LogP contribution is -1.94. The van der Waals surface area contributed by atoms with Crippen molar-refractivity contribution in [2.75, 3.05) is 7.11 Å². The molecule has 14 heavy (non-hydrogen) atoms. The summed E-state index contributed by atoms with van der Waals surface area (Å²) in [5.74, 6) is 4.19. The molecule has 1 radical (unpaired) electrons. The predicted molar refractivity (Wildman–Crippen MR) is 54.8 cm³/mol. The number of aryl methyl sites for hydroxylation is 1. The van der Waals surface area contributed by atoms with Gasteiger partial charge in [0.25, 0.3) is 0 Å². The van der Waals surface area contributed by atoms with E-state index in [4.69, 9.17) is 22.2 Å². The molecule has 1 rings (SSSR count). The van der Waals surface area contributed by atoms with Crippen molar-refractivity contribution in [3.63, 3.8) is 0 Å². The molecule has 0 aliphatic carbocycles. The smallest absolute Gasteiger partial charge is 0.157 e. The molecule has 0 spiro atoms. The van der Waals surface area contributed by atoms with Crippen molar-refractivity contribution >= 4 is 0 Å². The number of ether oxygens (including phenoxy) is 1. The minimum absolute atomic E-state index is 0.00564. The third-order valence-corrected chi connectivity index (χ3v) is 2.01. The largest absolute Gasteiger partial charge is 0.493 e. The third kappa shape index (κ3) is 2.70. The zero-order valence-electron chi connectivity index (χ0n) is 8.19. The van der Waals surface area contributed by atoms with E-state index in [2.05, 4.69) is 5.92 Å². The first-order chi connectivity index (χ1) is 6.80. The summed E-state index contributed by atoms with van der Waals surface area (Å²) in [6.45, 7) is 5.36. The van der Waals surface area contributed by atoms with Crippen molar-refractivity contribution in [3.8, 4) is 18.1 Å². The Balaban J connectivity index is 2.45. The van der Waals surface area contributed by atoms with E-state index < -0.39 is 0 Å². The lowest BCUT2D eigenvalue weighted by atomic mass is 10.0. The SMILES string of the molecule is [CH]=CC(C#C)CCc1cc(OC)co1. The van der Waals surface area contributed by atoms with E-state index in [0.717, 1.165) is 24.4 Å². The second-order valence-corrected chi connectivity index (χ2v) is 2.96. The number of methoxy groups -OCH3 is 1. The Hall–Kier alpha value is -1.62. The van der Waals surface area contributed by atoms with Crippen LogP contribution in [0.25, 0.3) is 0 Å². The molecule has 1 atom stereocenters. The summed E-state index contributed by atoms with van der Waals surface area (Å²) in [5, 5.41) is 0. The molecule has 0 aliphatic rings. The van der Waals surface area contributed by atoms with Crippen molar-refractivity contribution in [1.29, 1.82) is 0 Å². The van der Waals surface area contributed by atoms with E-state index in [-0.39, 0.29) is 5.92 Å². The van der Waals surface area contributed by atoms with E-state index in [1.54, 1.807) is 13.4 Å². The minimum atomic E-state index is 0.00564. The van der Waals surface area contributed by atoms with Crippen LogP contribution in [-0.4, -0.2) is 7.11 Å². The van der Waals surface area contributed by atoms with Gasteiger partial charge in [0.1, 0.15) is 12.0 Å². The van der Waals surface area contributed by atoms with Gasteiger partial charge in [-0.3, -0.25) is 0 Å². The maximum absolute atomic E-state index is 5.36. The Labute approximate surface area is 84.6 Å². The molecular formula is C12H13O2. The summed E-state index contributed by atoms with van der Waals surface area (Å²) in [5.41, 5.74) is 0. The van der Waals surface area contributed by atoms with Crippen LogP contribution in [0.4, 0.5) is 0 Å². The summed E-state index contributed by atoms with van der Waals surface area (Å²) >= 11 is 0. The molecule has 0 amide bonds. The summed E-state index contributed by atoms with van der Waals surface area (Å²) in [4.78, 5) is 0. The summed E-state index contributed by atoms with van der Waals surface area (Å²) in [6.07, 6.45) is 9.93. The molecule has 0 N–H and O–H groups in total. The predicted octanol–water partition coefficient (Wildman–Crippen LogP) is 2.46. The van der Waals surface area contributed by atoms with Gasteiger partial charge in [0.15, 0.2) is 5.75 Å². The van der Waals surface area contributed by atoms with Gasteiger partial charge in [-0.25, -0.2) is 0 Å². The van der Waals surface area contributed by atoms with Gasteiger partial charge in [-0.15, -0.1) is 6.42 Å². The molecular weight excluding hydrogens is 176 g/mol. The molecule has 2 heteroatoms. The Morgan fingerprint density at radius 3 is 3.00 bits per heavy atom. The van der Waals surface area contributed by atoms with Crippen molar-refractivity contribution in [2.24, 2.45) is 5.92 Å². The van der Waals surface area contributed by atoms with Crippen molar-refractivity contribution in [1.82, 2.24) is 0 Å². The molecule has 1 aromatic rings. The highest BCUT2D eigenvalue weighted by Crippen LogP contribution is 2.18. The average molecular weight is 189 g/mol. The highest BCUT2D eigenvalue weighted by atomic mass is 16.5. The second-order valence-electron chi connectivity index (χ2n) is 2.96. The molecule has 2 nitrogen and oxygen atoms in total. The summed E-state index contributed by atoms with van der Waals surface area (Å²) < 4.78 is 10.2. The third-order valence-electron chi connectivity index (χ3n) is 2.01. The zero-order chi connectivity index (χ0) is 10.4. The molecule has 1 aromatic heterocycles. The quantitative estimate of drug-likeness (QED) is 0.664. The van der Waals surface area contributed by atoms with Crippen LogP contribution in [-0.2, 0) is 6.42 Å². The number of terminal acetylenes is 1. The van der Waals surface area contributed by atoms with Crippen LogP contribution in [0.15, 0.2) is 22.8 Å². The fourth-order valence-corrected chi connectivity index (χ4v) is 1.13. The Bertz CT molecular complexity index is 330. The molecule has 0 aliphatic heterocycles. The van der Waals surface area contributed by atoms with Gasteiger partial charge in [-0.05, 0) is 6.42 Å². The van der Waals surface area contributed by atoms with Crippen molar-refractivity contribution in [2.45, 2.75) is 12.8 Å². The lowest BCUT2D eigenvalue weighted by molar-refractivity contribution is 0.404. The van der Waals surface area contributed by atoms with Crippen LogP contribution >= 0.6 is 0 Å². The highest BCUT2D eigenvalue weighted by molar-refractivity contribution is 5.19. The van der Waals surface area contributed by atoms with E-state index in [1.165, 1.54) is 6.08 Å². The van der Waals surface area contributed by atoms with Crippen LogP contribution in [0.1, 0.15) is 12.2 Å². The standard InChI is InChI=1S/C12H13O2/c1-4-10(5-2)6-7-11-8-12(13-3)9-14-11/h1-2,4,8-10H,6-7H2,3H3. The van der Waals surface area contributed by atoms with Gasteiger partial charge in [-0.1, -0.05) is 18.6 Å². The molecule has 1 unspecified atom stereocenters. The van der Waals surface area contributed by atoms with E-state index in [9.17, 15) is 0 Å². The average Bonchev–Trinajstić information content (AvgIpc) is 2.67. The maximum atomic E-state index is 5.36. The number of allylic oxidation sites excluding steroid dienone is 1. The fourth-order valence-electron chi connectivity index (χ4n) is 1.13.